The minimum absolute atomic E-state index is 0.0495. The van der Waals surface area contributed by atoms with E-state index in [0.29, 0.717) is 12.3 Å². The van der Waals surface area contributed by atoms with Crippen LogP contribution in [0.5, 0.6) is 0 Å². The van der Waals surface area contributed by atoms with Crippen molar-refractivity contribution >= 4 is 23.4 Å². The lowest BCUT2D eigenvalue weighted by Gasteiger charge is -2.16. The number of hydrogen-bond acceptors (Lipinski definition) is 3. The van der Waals surface area contributed by atoms with E-state index in [9.17, 15) is 26.3 Å². The Hall–Kier alpha value is -1.48. The molecule has 0 fully saturated rings. The summed E-state index contributed by atoms with van der Waals surface area (Å²) in [7, 11) is 0. The molecule has 24 heavy (non-hydrogen) atoms. The van der Waals surface area contributed by atoms with E-state index < -0.39 is 28.7 Å². The van der Waals surface area contributed by atoms with Gasteiger partial charge in [0.2, 0.25) is 0 Å². The number of pyridine rings is 2. The molecular formula is C14H9ClF6N2S. The Bertz CT molecular complexity index is 732. The molecule has 10 heteroatoms. The molecule has 0 bridgehead atoms. The fourth-order valence-electron chi connectivity index (χ4n) is 1.83. The zero-order valence-corrected chi connectivity index (χ0v) is 13.5. The van der Waals surface area contributed by atoms with Gasteiger partial charge in [-0.05, 0) is 25.1 Å². The Kier molecular flexibility index (Phi) is 5.34. The van der Waals surface area contributed by atoms with Crippen LogP contribution in [0.1, 0.15) is 29.0 Å². The Balaban J connectivity index is 2.30. The fraction of sp³-hybridized carbons (Fsp3) is 0.286. The molecule has 0 aliphatic carbocycles. The lowest BCUT2D eigenvalue weighted by Crippen LogP contribution is -2.09. The number of alkyl halides is 6. The molecule has 2 heterocycles. The molecule has 0 aliphatic heterocycles. The van der Waals surface area contributed by atoms with Gasteiger partial charge in [-0.25, -0.2) is 4.98 Å². The van der Waals surface area contributed by atoms with Crippen LogP contribution >= 0.6 is 23.4 Å². The second-order valence-electron chi connectivity index (χ2n) is 4.70. The standard InChI is InChI=1S/C14H9ClF6N2S/c1-7(11-10(15)5-8(6-23-11)13(16,17)18)24-12-9(14(19,20)21)3-2-4-22-12/h2-7H,1H3/t7-/m0/s1. The second kappa shape index (κ2) is 6.79. The summed E-state index contributed by atoms with van der Waals surface area (Å²) >= 11 is 6.53. The first kappa shape index (κ1) is 18.9. The third-order valence-corrected chi connectivity index (χ3v) is 4.38. The van der Waals surface area contributed by atoms with Gasteiger partial charge in [0.25, 0.3) is 0 Å². The predicted octanol–water partition coefficient (Wildman–Crippen LogP) is 6.02. The predicted molar refractivity (Wildman–Crippen MR) is 77.8 cm³/mol. The van der Waals surface area contributed by atoms with Gasteiger partial charge < -0.3 is 0 Å². The summed E-state index contributed by atoms with van der Waals surface area (Å²) in [5.74, 6) is 0. The Morgan fingerprint density at radius 1 is 1.08 bits per heavy atom. The van der Waals surface area contributed by atoms with Crippen LogP contribution in [0.2, 0.25) is 5.02 Å². The Labute approximate surface area is 142 Å². The molecule has 0 saturated carbocycles. The first-order valence-electron chi connectivity index (χ1n) is 6.41. The quantitative estimate of drug-likeness (QED) is 0.476. The summed E-state index contributed by atoms with van der Waals surface area (Å²) < 4.78 is 76.6. The summed E-state index contributed by atoms with van der Waals surface area (Å²) in [6, 6.07) is 2.73. The Morgan fingerprint density at radius 2 is 1.75 bits per heavy atom. The smallest absolute Gasteiger partial charge is 0.258 e. The van der Waals surface area contributed by atoms with Gasteiger partial charge in [-0.2, -0.15) is 26.3 Å². The number of halogens is 7. The van der Waals surface area contributed by atoms with Crippen molar-refractivity contribution in [3.63, 3.8) is 0 Å². The molecule has 2 rings (SSSR count). The SMILES string of the molecule is C[C@H](Sc1ncccc1C(F)(F)F)c1ncc(C(F)(F)F)cc1Cl. The van der Waals surface area contributed by atoms with Gasteiger partial charge in [0.15, 0.2) is 0 Å². The number of nitrogens with zero attached hydrogens (tertiary/aromatic N) is 2. The van der Waals surface area contributed by atoms with Crippen molar-refractivity contribution in [1.29, 1.82) is 0 Å². The minimum Gasteiger partial charge on any atom is -0.258 e. The van der Waals surface area contributed by atoms with Gasteiger partial charge in [-0.1, -0.05) is 23.4 Å². The molecule has 0 N–H and O–H groups in total. The molecule has 0 radical (unpaired) electrons. The third kappa shape index (κ3) is 4.32. The minimum atomic E-state index is -4.60. The summed E-state index contributed by atoms with van der Waals surface area (Å²) in [6.45, 7) is 1.49. The van der Waals surface area contributed by atoms with Crippen molar-refractivity contribution < 1.29 is 26.3 Å². The van der Waals surface area contributed by atoms with Crippen LogP contribution in [-0.2, 0) is 12.4 Å². The van der Waals surface area contributed by atoms with Gasteiger partial charge in [-0.15, -0.1) is 0 Å². The first-order chi connectivity index (χ1) is 11.0. The summed E-state index contributed by atoms with van der Waals surface area (Å²) in [4.78, 5) is 7.34. The molecule has 130 valence electrons. The topological polar surface area (TPSA) is 25.8 Å². The van der Waals surface area contributed by atoms with Gasteiger partial charge in [-0.3, -0.25) is 4.98 Å². The first-order valence-corrected chi connectivity index (χ1v) is 7.67. The van der Waals surface area contributed by atoms with E-state index in [4.69, 9.17) is 11.6 Å². The van der Waals surface area contributed by atoms with Crippen molar-refractivity contribution in [3.8, 4) is 0 Å². The molecular weight excluding hydrogens is 378 g/mol. The van der Waals surface area contributed by atoms with Crippen molar-refractivity contribution in [2.75, 3.05) is 0 Å². The maximum atomic E-state index is 12.9. The zero-order chi connectivity index (χ0) is 18.1. The fourth-order valence-corrected chi connectivity index (χ4v) is 3.29. The van der Waals surface area contributed by atoms with Crippen LogP contribution in [0, 0.1) is 0 Å². The number of thioether (sulfide) groups is 1. The monoisotopic (exact) mass is 386 g/mol. The van der Waals surface area contributed by atoms with Gasteiger partial charge in [0.05, 0.1) is 27.1 Å². The van der Waals surface area contributed by atoms with Crippen molar-refractivity contribution in [2.45, 2.75) is 29.6 Å². The van der Waals surface area contributed by atoms with Gasteiger partial charge >= 0.3 is 12.4 Å². The van der Waals surface area contributed by atoms with Crippen LogP contribution in [0.3, 0.4) is 0 Å². The van der Waals surface area contributed by atoms with E-state index in [2.05, 4.69) is 9.97 Å². The molecule has 2 aromatic rings. The average molecular weight is 387 g/mol. The molecule has 0 aromatic carbocycles. The number of rotatable bonds is 3. The number of aromatic nitrogens is 2. The zero-order valence-electron chi connectivity index (χ0n) is 11.9. The molecule has 0 unspecified atom stereocenters. The van der Waals surface area contributed by atoms with Crippen molar-refractivity contribution in [1.82, 2.24) is 9.97 Å². The molecule has 0 spiro atoms. The highest BCUT2D eigenvalue weighted by atomic mass is 35.5. The molecule has 2 aromatic heterocycles. The van der Waals surface area contributed by atoms with E-state index in [1.165, 1.54) is 13.1 Å². The van der Waals surface area contributed by atoms with E-state index >= 15 is 0 Å². The summed E-state index contributed by atoms with van der Waals surface area (Å²) in [6.07, 6.45) is -7.39. The van der Waals surface area contributed by atoms with Crippen LogP contribution in [0.4, 0.5) is 26.3 Å². The molecule has 0 aliphatic rings. The lowest BCUT2D eigenvalue weighted by molar-refractivity contribution is -0.140. The lowest BCUT2D eigenvalue weighted by atomic mass is 10.2. The van der Waals surface area contributed by atoms with Crippen molar-refractivity contribution in [2.24, 2.45) is 0 Å². The molecule has 0 amide bonds. The highest BCUT2D eigenvalue weighted by Crippen LogP contribution is 2.42. The maximum absolute atomic E-state index is 12.9. The highest BCUT2D eigenvalue weighted by molar-refractivity contribution is 7.99. The average Bonchev–Trinajstić information content (AvgIpc) is 2.45. The van der Waals surface area contributed by atoms with Crippen LogP contribution < -0.4 is 0 Å². The molecule has 2 nitrogen and oxygen atoms in total. The van der Waals surface area contributed by atoms with Crippen LogP contribution in [0.15, 0.2) is 35.6 Å². The summed E-state index contributed by atoms with van der Waals surface area (Å²) in [5, 5.41) is -1.29. The van der Waals surface area contributed by atoms with E-state index in [1.807, 2.05) is 0 Å². The highest BCUT2D eigenvalue weighted by Gasteiger charge is 2.35. The number of hydrogen-bond donors (Lipinski definition) is 0. The Morgan fingerprint density at radius 3 is 2.29 bits per heavy atom. The van der Waals surface area contributed by atoms with Crippen LogP contribution in [0.25, 0.3) is 0 Å². The van der Waals surface area contributed by atoms with Gasteiger partial charge in [0, 0.05) is 12.4 Å². The third-order valence-electron chi connectivity index (χ3n) is 2.95. The maximum Gasteiger partial charge on any atom is 0.419 e. The van der Waals surface area contributed by atoms with E-state index in [-0.39, 0.29) is 15.7 Å². The second-order valence-corrected chi connectivity index (χ2v) is 6.44. The summed E-state index contributed by atoms with van der Waals surface area (Å²) in [5.41, 5.74) is -1.90. The molecule has 1 atom stereocenters. The van der Waals surface area contributed by atoms with E-state index in [1.54, 1.807) is 0 Å². The largest absolute Gasteiger partial charge is 0.419 e. The normalized spacial score (nSPS) is 13.8. The van der Waals surface area contributed by atoms with E-state index in [0.717, 1.165) is 23.9 Å². The van der Waals surface area contributed by atoms with Crippen molar-refractivity contribution in [3.05, 3.63) is 52.4 Å². The van der Waals surface area contributed by atoms with Crippen LogP contribution in [-0.4, -0.2) is 9.97 Å². The van der Waals surface area contributed by atoms with Gasteiger partial charge in [0.1, 0.15) is 5.03 Å². The molecule has 0 saturated heterocycles.